The highest BCUT2D eigenvalue weighted by atomic mass is 79.9. The molecule has 0 saturated carbocycles. The van der Waals surface area contributed by atoms with E-state index >= 15 is 0 Å². The van der Waals surface area contributed by atoms with Crippen molar-refractivity contribution in [2.24, 2.45) is 0 Å². The third-order valence-electron chi connectivity index (χ3n) is 2.56. The summed E-state index contributed by atoms with van der Waals surface area (Å²) in [4.78, 5) is 11.8. The van der Waals surface area contributed by atoms with Crippen LogP contribution in [0.4, 0.5) is 0 Å². The fraction of sp³-hybridized carbons (Fsp3) is 0.231. The van der Waals surface area contributed by atoms with Crippen molar-refractivity contribution in [1.29, 1.82) is 0 Å². The number of rotatable bonds is 4. The van der Waals surface area contributed by atoms with Crippen LogP contribution in [0.25, 0.3) is 0 Å². The number of ether oxygens (including phenoxy) is 1. The van der Waals surface area contributed by atoms with Gasteiger partial charge in [0.1, 0.15) is 11.1 Å². The monoisotopic (exact) mass is 342 g/mol. The Kier molecular flexibility index (Phi) is 4.61. The second-order valence-electron chi connectivity index (χ2n) is 3.86. The van der Waals surface area contributed by atoms with Crippen LogP contribution < -0.4 is 10.3 Å². The molecule has 0 N–H and O–H groups in total. The first-order valence-electron chi connectivity index (χ1n) is 5.74. The number of hydrogen-bond donors (Lipinski definition) is 0. The zero-order chi connectivity index (χ0) is 13.8. The summed E-state index contributed by atoms with van der Waals surface area (Å²) in [6.45, 7) is 2.73. The van der Waals surface area contributed by atoms with Crippen molar-refractivity contribution in [3.8, 4) is 5.75 Å². The number of benzene rings is 1. The summed E-state index contributed by atoms with van der Waals surface area (Å²) >= 11 is 9.04. The minimum atomic E-state index is -0.198. The summed E-state index contributed by atoms with van der Waals surface area (Å²) in [5.41, 5.74) is 0.770. The zero-order valence-electron chi connectivity index (χ0n) is 10.3. The Morgan fingerprint density at radius 3 is 2.68 bits per heavy atom. The minimum absolute atomic E-state index is 0.198. The third kappa shape index (κ3) is 3.36. The van der Waals surface area contributed by atoms with Gasteiger partial charge >= 0.3 is 0 Å². The summed E-state index contributed by atoms with van der Waals surface area (Å²) < 4.78 is 7.32. The average molecular weight is 344 g/mol. The van der Waals surface area contributed by atoms with Crippen molar-refractivity contribution in [3.63, 3.8) is 0 Å². The molecular weight excluding hydrogens is 332 g/mol. The molecule has 4 nitrogen and oxygen atoms in total. The van der Waals surface area contributed by atoms with Crippen molar-refractivity contribution in [1.82, 2.24) is 9.78 Å². The van der Waals surface area contributed by atoms with E-state index in [1.165, 1.54) is 10.9 Å². The molecule has 1 aromatic carbocycles. The highest BCUT2D eigenvalue weighted by Gasteiger charge is 2.09. The predicted octanol–water partition coefficient (Wildman–Crippen LogP) is 3.26. The molecule has 0 radical (unpaired) electrons. The number of nitrogens with zero attached hydrogens (tertiary/aromatic N) is 2. The van der Waals surface area contributed by atoms with Gasteiger partial charge in [-0.15, -0.1) is 0 Å². The van der Waals surface area contributed by atoms with E-state index in [0.29, 0.717) is 28.4 Å². The van der Waals surface area contributed by atoms with Gasteiger partial charge in [0.05, 0.1) is 6.20 Å². The molecule has 0 spiro atoms. The van der Waals surface area contributed by atoms with Crippen LogP contribution in [0.2, 0.25) is 5.02 Å². The Balaban J connectivity index is 2.14. The fourth-order valence-electron chi connectivity index (χ4n) is 1.52. The maximum Gasteiger partial charge on any atom is 0.284 e. The number of hydrogen-bond acceptors (Lipinski definition) is 3. The highest BCUT2D eigenvalue weighted by Crippen LogP contribution is 2.20. The number of aromatic nitrogens is 2. The van der Waals surface area contributed by atoms with E-state index in [4.69, 9.17) is 16.3 Å². The Labute approximate surface area is 124 Å². The van der Waals surface area contributed by atoms with Gasteiger partial charge in [-0.25, -0.2) is 4.68 Å². The van der Waals surface area contributed by atoms with Crippen molar-refractivity contribution < 1.29 is 4.74 Å². The SMILES string of the molecule is CCn1ncc(OCc2ccc(Cl)cc2)c(Br)c1=O. The Morgan fingerprint density at radius 1 is 1.37 bits per heavy atom. The summed E-state index contributed by atoms with van der Waals surface area (Å²) in [7, 11) is 0. The lowest BCUT2D eigenvalue weighted by Crippen LogP contribution is -2.22. The van der Waals surface area contributed by atoms with Crippen LogP contribution in [0.15, 0.2) is 39.7 Å². The van der Waals surface area contributed by atoms with Crippen LogP contribution in [0.5, 0.6) is 5.75 Å². The maximum atomic E-state index is 11.8. The van der Waals surface area contributed by atoms with Gasteiger partial charge in [-0.2, -0.15) is 5.10 Å². The van der Waals surface area contributed by atoms with E-state index in [1.807, 2.05) is 19.1 Å². The highest BCUT2D eigenvalue weighted by molar-refractivity contribution is 9.10. The second-order valence-corrected chi connectivity index (χ2v) is 5.09. The number of halogens is 2. The summed E-state index contributed by atoms with van der Waals surface area (Å²) in [5, 5.41) is 4.69. The van der Waals surface area contributed by atoms with Crippen LogP contribution >= 0.6 is 27.5 Å². The van der Waals surface area contributed by atoms with E-state index in [2.05, 4.69) is 21.0 Å². The largest absolute Gasteiger partial charge is 0.486 e. The Bertz CT molecular complexity index is 626. The first-order chi connectivity index (χ1) is 9.11. The third-order valence-corrected chi connectivity index (χ3v) is 3.54. The molecule has 1 heterocycles. The Hall–Kier alpha value is -1.33. The average Bonchev–Trinajstić information content (AvgIpc) is 2.42. The molecule has 0 bridgehead atoms. The predicted molar refractivity (Wildman–Crippen MR) is 77.7 cm³/mol. The molecule has 0 fully saturated rings. The van der Waals surface area contributed by atoms with Crippen molar-refractivity contribution in [2.45, 2.75) is 20.1 Å². The lowest BCUT2D eigenvalue weighted by Gasteiger charge is -2.09. The summed E-state index contributed by atoms with van der Waals surface area (Å²) in [5.74, 6) is 0.435. The normalized spacial score (nSPS) is 10.5. The number of aryl methyl sites for hydroxylation is 1. The van der Waals surface area contributed by atoms with Crippen LogP contribution in [0.3, 0.4) is 0 Å². The molecule has 100 valence electrons. The van der Waals surface area contributed by atoms with E-state index < -0.39 is 0 Å². The van der Waals surface area contributed by atoms with Gasteiger partial charge in [0, 0.05) is 11.6 Å². The van der Waals surface area contributed by atoms with Gasteiger partial charge in [0.15, 0.2) is 5.75 Å². The molecule has 1 aromatic heterocycles. The molecule has 2 aromatic rings. The molecule has 0 aliphatic rings. The van der Waals surface area contributed by atoms with Gasteiger partial charge in [0.25, 0.3) is 5.56 Å². The quantitative estimate of drug-likeness (QED) is 0.856. The van der Waals surface area contributed by atoms with E-state index in [9.17, 15) is 4.79 Å². The standard InChI is InChI=1S/C13H12BrClN2O2/c1-2-17-13(18)12(14)11(7-16-17)19-8-9-3-5-10(15)6-4-9/h3-7H,2,8H2,1H3. The zero-order valence-corrected chi connectivity index (χ0v) is 12.6. The molecular formula is C13H12BrClN2O2. The topological polar surface area (TPSA) is 44.1 Å². The fourth-order valence-corrected chi connectivity index (χ4v) is 2.07. The van der Waals surface area contributed by atoms with Gasteiger partial charge in [-0.1, -0.05) is 23.7 Å². The molecule has 6 heteroatoms. The van der Waals surface area contributed by atoms with Crippen LogP contribution in [-0.2, 0) is 13.2 Å². The van der Waals surface area contributed by atoms with E-state index in [1.54, 1.807) is 12.1 Å². The lowest BCUT2D eigenvalue weighted by molar-refractivity contribution is 0.300. The van der Waals surface area contributed by atoms with Gasteiger partial charge in [0.2, 0.25) is 0 Å². The molecule has 0 aliphatic heterocycles. The minimum Gasteiger partial charge on any atom is -0.486 e. The molecule has 0 atom stereocenters. The van der Waals surface area contributed by atoms with Crippen molar-refractivity contribution >= 4 is 27.5 Å². The first-order valence-corrected chi connectivity index (χ1v) is 6.91. The smallest absolute Gasteiger partial charge is 0.284 e. The molecule has 19 heavy (non-hydrogen) atoms. The van der Waals surface area contributed by atoms with Crippen molar-refractivity contribution in [2.75, 3.05) is 0 Å². The maximum absolute atomic E-state index is 11.8. The molecule has 2 rings (SSSR count). The summed E-state index contributed by atoms with van der Waals surface area (Å²) in [6.07, 6.45) is 1.53. The second kappa shape index (κ2) is 6.21. The van der Waals surface area contributed by atoms with Crippen LogP contribution in [0, 0.1) is 0 Å². The van der Waals surface area contributed by atoms with Gasteiger partial charge in [-0.3, -0.25) is 4.79 Å². The first kappa shape index (κ1) is 14.1. The van der Waals surface area contributed by atoms with E-state index in [0.717, 1.165) is 5.56 Å². The van der Waals surface area contributed by atoms with Gasteiger partial charge < -0.3 is 4.74 Å². The van der Waals surface area contributed by atoms with Crippen LogP contribution in [-0.4, -0.2) is 9.78 Å². The van der Waals surface area contributed by atoms with Crippen LogP contribution in [0.1, 0.15) is 12.5 Å². The Morgan fingerprint density at radius 2 is 2.05 bits per heavy atom. The van der Waals surface area contributed by atoms with Crippen molar-refractivity contribution in [3.05, 3.63) is 55.9 Å². The van der Waals surface area contributed by atoms with E-state index in [-0.39, 0.29) is 5.56 Å². The molecule has 0 saturated heterocycles. The molecule has 0 unspecified atom stereocenters. The lowest BCUT2D eigenvalue weighted by atomic mass is 10.2. The van der Waals surface area contributed by atoms with Gasteiger partial charge in [-0.05, 0) is 40.5 Å². The molecule has 0 amide bonds. The summed E-state index contributed by atoms with van der Waals surface area (Å²) in [6, 6.07) is 7.33. The molecule has 0 aliphatic carbocycles.